The quantitative estimate of drug-likeness (QED) is 0.572. The molecule has 1 aromatic carbocycles. The predicted octanol–water partition coefficient (Wildman–Crippen LogP) is 0.162. The van der Waals surface area contributed by atoms with Crippen LogP contribution in [0.1, 0.15) is 5.56 Å². The van der Waals surface area contributed by atoms with E-state index >= 15 is 0 Å². The second-order valence-corrected chi connectivity index (χ2v) is 3.46. The minimum absolute atomic E-state index is 0.300. The second-order valence-electron chi connectivity index (χ2n) is 3.46. The lowest BCUT2D eigenvalue weighted by atomic mass is 9.63. The van der Waals surface area contributed by atoms with E-state index in [1.54, 1.807) is 0 Å². The molecule has 0 aromatic heterocycles. The van der Waals surface area contributed by atoms with Crippen LogP contribution in [-0.2, 0) is 6.42 Å². The lowest BCUT2D eigenvalue weighted by Gasteiger charge is -2.02. The summed E-state index contributed by atoms with van der Waals surface area (Å²) in [5.74, 6) is 1.58. The van der Waals surface area contributed by atoms with Crippen LogP contribution in [-0.4, -0.2) is 18.7 Å². The van der Waals surface area contributed by atoms with Crippen LogP contribution < -0.4 is 14.9 Å². The van der Waals surface area contributed by atoms with Gasteiger partial charge in [0.05, 0.1) is 0 Å². The zero-order valence-corrected chi connectivity index (χ0v) is 7.12. The Morgan fingerprint density at radius 3 is 2.85 bits per heavy atom. The Bertz CT molecular complexity index is 364. The first kappa shape index (κ1) is 7.27. The highest BCUT2D eigenvalue weighted by Crippen LogP contribution is 2.33. The van der Waals surface area contributed by atoms with E-state index in [2.05, 4.69) is 0 Å². The van der Waals surface area contributed by atoms with Crippen molar-refractivity contribution in [2.24, 2.45) is 0 Å². The Morgan fingerprint density at radius 2 is 2.00 bits per heavy atom. The van der Waals surface area contributed by atoms with Crippen LogP contribution >= 0.6 is 0 Å². The van der Waals surface area contributed by atoms with Gasteiger partial charge in [0.2, 0.25) is 6.79 Å². The summed E-state index contributed by atoms with van der Waals surface area (Å²) in [5, 5.41) is 9.62. The molecule has 2 aliphatic rings. The highest BCUT2D eigenvalue weighted by Gasteiger charge is 2.28. The molecule has 4 heteroatoms. The number of aryl methyl sites for hydroxylation is 1. The fourth-order valence-electron chi connectivity index (χ4n) is 1.97. The maximum absolute atomic E-state index is 9.62. The van der Waals surface area contributed by atoms with E-state index in [0.717, 1.165) is 29.7 Å². The van der Waals surface area contributed by atoms with Crippen molar-refractivity contribution in [3.8, 4) is 11.5 Å². The number of hydrogen-bond donors (Lipinski definition) is 1. The fraction of sp³-hybridized carbons (Fsp3) is 0.333. The molecular formula is C9H9BO3. The lowest BCUT2D eigenvalue weighted by Crippen LogP contribution is -2.25. The third-order valence-corrected chi connectivity index (χ3v) is 2.68. The van der Waals surface area contributed by atoms with E-state index in [1.807, 2.05) is 12.1 Å². The van der Waals surface area contributed by atoms with Crippen molar-refractivity contribution in [1.29, 1.82) is 0 Å². The summed E-state index contributed by atoms with van der Waals surface area (Å²) in [7, 11) is 0. The monoisotopic (exact) mass is 176 g/mol. The first-order valence-electron chi connectivity index (χ1n) is 4.45. The van der Waals surface area contributed by atoms with Gasteiger partial charge in [-0.3, -0.25) is 0 Å². The van der Waals surface area contributed by atoms with Gasteiger partial charge in [-0.2, -0.15) is 0 Å². The molecule has 1 aromatic rings. The SMILES string of the molecule is OB1CCc2cc3c(cc21)OCO3. The van der Waals surface area contributed by atoms with Gasteiger partial charge in [-0.1, -0.05) is 0 Å². The third kappa shape index (κ3) is 0.953. The minimum atomic E-state index is -0.315. The van der Waals surface area contributed by atoms with Crippen LogP contribution in [0.2, 0.25) is 6.32 Å². The molecule has 1 N–H and O–H groups in total. The van der Waals surface area contributed by atoms with Crippen LogP contribution in [0, 0.1) is 0 Å². The standard InChI is InChI=1S/C9H9BO3/c11-10-2-1-6-3-8-9(4-7(6)10)13-5-12-8/h3-4,11H,1-2,5H2. The van der Waals surface area contributed by atoms with Gasteiger partial charge in [0.15, 0.2) is 11.5 Å². The Kier molecular flexibility index (Phi) is 1.35. The van der Waals surface area contributed by atoms with Gasteiger partial charge in [0.25, 0.3) is 0 Å². The van der Waals surface area contributed by atoms with E-state index < -0.39 is 0 Å². The molecule has 2 heterocycles. The molecule has 0 aliphatic carbocycles. The topological polar surface area (TPSA) is 38.7 Å². The predicted molar refractivity (Wildman–Crippen MR) is 48.7 cm³/mol. The fourth-order valence-corrected chi connectivity index (χ4v) is 1.97. The second kappa shape index (κ2) is 2.42. The van der Waals surface area contributed by atoms with Crippen molar-refractivity contribution in [2.45, 2.75) is 12.7 Å². The van der Waals surface area contributed by atoms with Gasteiger partial charge in [0, 0.05) is 0 Å². The van der Waals surface area contributed by atoms with Crippen LogP contribution in [0.15, 0.2) is 12.1 Å². The van der Waals surface area contributed by atoms with Crippen molar-refractivity contribution in [2.75, 3.05) is 6.79 Å². The minimum Gasteiger partial charge on any atom is -0.454 e. The smallest absolute Gasteiger partial charge is 0.324 e. The molecule has 0 saturated heterocycles. The molecule has 0 spiro atoms. The summed E-state index contributed by atoms with van der Waals surface area (Å²) in [6.07, 6.45) is 1.76. The maximum Gasteiger partial charge on any atom is 0.324 e. The first-order valence-corrected chi connectivity index (χ1v) is 4.45. The molecule has 3 rings (SSSR count). The Balaban J connectivity index is 2.16. The summed E-state index contributed by atoms with van der Waals surface area (Å²) >= 11 is 0. The molecule has 0 amide bonds. The molecule has 3 nitrogen and oxygen atoms in total. The van der Waals surface area contributed by atoms with E-state index in [0.29, 0.717) is 6.79 Å². The van der Waals surface area contributed by atoms with Gasteiger partial charge in [-0.15, -0.1) is 0 Å². The Hall–Kier alpha value is -1.16. The Morgan fingerprint density at radius 1 is 1.23 bits per heavy atom. The molecule has 0 saturated carbocycles. The molecule has 0 fully saturated rings. The number of benzene rings is 1. The highest BCUT2D eigenvalue weighted by atomic mass is 16.7. The summed E-state index contributed by atoms with van der Waals surface area (Å²) in [6, 6.07) is 3.88. The molecule has 0 unspecified atom stereocenters. The molecule has 0 radical (unpaired) electrons. The lowest BCUT2D eigenvalue weighted by molar-refractivity contribution is 0.174. The largest absolute Gasteiger partial charge is 0.454 e. The van der Waals surface area contributed by atoms with Crippen molar-refractivity contribution >= 4 is 12.4 Å². The average Bonchev–Trinajstić information content (AvgIpc) is 2.70. The van der Waals surface area contributed by atoms with Crippen molar-refractivity contribution in [1.82, 2.24) is 0 Å². The van der Waals surface area contributed by atoms with Crippen molar-refractivity contribution in [3.05, 3.63) is 17.7 Å². The molecular weight excluding hydrogens is 167 g/mol. The summed E-state index contributed by atoms with van der Waals surface area (Å²) in [6.45, 7) is -0.0154. The highest BCUT2D eigenvalue weighted by molar-refractivity contribution is 6.68. The first-order chi connectivity index (χ1) is 6.34. The Labute approximate surface area is 76.4 Å². The van der Waals surface area contributed by atoms with E-state index in [-0.39, 0.29) is 6.92 Å². The van der Waals surface area contributed by atoms with Crippen molar-refractivity contribution in [3.63, 3.8) is 0 Å². The summed E-state index contributed by atoms with van der Waals surface area (Å²) in [4.78, 5) is 0. The number of fused-ring (bicyclic) bond motifs is 2. The van der Waals surface area contributed by atoms with Crippen LogP contribution in [0.5, 0.6) is 11.5 Å². The molecule has 0 atom stereocenters. The van der Waals surface area contributed by atoms with E-state index in [1.165, 1.54) is 5.56 Å². The van der Waals surface area contributed by atoms with Gasteiger partial charge in [0.1, 0.15) is 0 Å². The van der Waals surface area contributed by atoms with Crippen molar-refractivity contribution < 1.29 is 14.5 Å². The maximum atomic E-state index is 9.62. The third-order valence-electron chi connectivity index (χ3n) is 2.68. The van der Waals surface area contributed by atoms with Gasteiger partial charge < -0.3 is 14.5 Å². The van der Waals surface area contributed by atoms with Crippen LogP contribution in [0.3, 0.4) is 0 Å². The normalized spacial score (nSPS) is 17.8. The van der Waals surface area contributed by atoms with Gasteiger partial charge in [-0.05, 0) is 35.9 Å². The zero-order valence-electron chi connectivity index (χ0n) is 7.12. The van der Waals surface area contributed by atoms with E-state index in [9.17, 15) is 5.02 Å². The molecule has 2 aliphatic heterocycles. The molecule has 66 valence electrons. The number of rotatable bonds is 0. The van der Waals surface area contributed by atoms with Crippen LogP contribution in [0.4, 0.5) is 0 Å². The number of hydrogen-bond acceptors (Lipinski definition) is 3. The van der Waals surface area contributed by atoms with Gasteiger partial charge >= 0.3 is 6.92 Å². The summed E-state index contributed by atoms with van der Waals surface area (Å²) < 4.78 is 10.5. The molecule has 0 bridgehead atoms. The van der Waals surface area contributed by atoms with E-state index in [4.69, 9.17) is 9.47 Å². The average molecular weight is 176 g/mol. The van der Waals surface area contributed by atoms with Gasteiger partial charge in [-0.25, -0.2) is 0 Å². The van der Waals surface area contributed by atoms with Crippen LogP contribution in [0.25, 0.3) is 0 Å². The summed E-state index contributed by atoms with van der Waals surface area (Å²) in [5.41, 5.74) is 2.20. The zero-order chi connectivity index (χ0) is 8.84. The molecule has 13 heavy (non-hydrogen) atoms. The number of ether oxygens (including phenoxy) is 2.